The molecule has 4 aromatic rings. The fourth-order valence-electron chi connectivity index (χ4n) is 6.15. The molecule has 1 N–H and O–H groups in total. The third-order valence-corrected chi connectivity index (χ3v) is 9.95. The molecule has 0 saturated heterocycles. The lowest BCUT2D eigenvalue weighted by atomic mass is 10.0. The Morgan fingerprint density at radius 3 is 2.49 bits per heavy atom. The molecule has 0 bridgehead atoms. The van der Waals surface area contributed by atoms with Crippen LogP contribution in [0.1, 0.15) is 56.6 Å². The van der Waals surface area contributed by atoms with E-state index in [-0.39, 0.29) is 30.3 Å². The third kappa shape index (κ3) is 8.05. The van der Waals surface area contributed by atoms with Crippen molar-refractivity contribution in [2.75, 3.05) is 19.8 Å². The van der Waals surface area contributed by atoms with Crippen LogP contribution in [0.25, 0.3) is 33.6 Å². The molecule has 1 aliphatic heterocycles. The molecule has 1 fully saturated rings. The summed E-state index contributed by atoms with van der Waals surface area (Å²) in [5, 5.41) is 3.07. The number of halogens is 5. The molecule has 3 atom stereocenters. The highest BCUT2D eigenvalue weighted by molar-refractivity contribution is 7.87. The molecule has 4 heterocycles. The predicted octanol–water partition coefficient (Wildman–Crippen LogP) is 5.79. The van der Waals surface area contributed by atoms with Gasteiger partial charge in [0.1, 0.15) is 29.6 Å². The third-order valence-electron chi connectivity index (χ3n) is 8.83. The normalized spacial score (nSPS) is 17.2. The van der Waals surface area contributed by atoms with Crippen LogP contribution in [0, 0.1) is 5.92 Å². The summed E-state index contributed by atoms with van der Waals surface area (Å²) in [6.07, 6.45) is -3.27. The van der Waals surface area contributed by atoms with Crippen molar-refractivity contribution >= 4 is 44.2 Å². The molecule has 0 radical (unpaired) electrons. The zero-order valence-corrected chi connectivity index (χ0v) is 30.4. The molecule has 2 unspecified atom stereocenters. The van der Waals surface area contributed by atoms with E-state index >= 15 is 4.39 Å². The maximum absolute atomic E-state index is 15.2. The number of carbonyl (C=O) groups is 2. The molecule has 3 aromatic heterocycles. The average Bonchev–Trinajstić information content (AvgIpc) is 3.73. The van der Waals surface area contributed by atoms with Gasteiger partial charge in [0.2, 0.25) is 0 Å². The van der Waals surface area contributed by atoms with Crippen LogP contribution in [-0.2, 0) is 39.1 Å². The summed E-state index contributed by atoms with van der Waals surface area (Å²) >= 11 is 0. The summed E-state index contributed by atoms with van der Waals surface area (Å²) in [5.74, 6) is 0.279. The van der Waals surface area contributed by atoms with Crippen LogP contribution in [-0.4, -0.2) is 93.8 Å². The average molecular weight is 771 g/mol. The molecular weight excluding hydrogens is 731 g/mol. The Labute approximate surface area is 301 Å². The van der Waals surface area contributed by atoms with Crippen molar-refractivity contribution in [2.24, 2.45) is 13.0 Å². The summed E-state index contributed by atoms with van der Waals surface area (Å²) < 4.78 is 109. The van der Waals surface area contributed by atoms with E-state index in [1.54, 1.807) is 56.7 Å². The van der Waals surface area contributed by atoms with Gasteiger partial charge in [0.25, 0.3) is 12.3 Å². The van der Waals surface area contributed by atoms with Crippen molar-refractivity contribution in [2.45, 2.75) is 83.1 Å². The number of rotatable bonds is 12. The summed E-state index contributed by atoms with van der Waals surface area (Å²) in [6.45, 7) is 5.56. The van der Waals surface area contributed by atoms with Crippen LogP contribution < -0.4 is 10.1 Å². The number of pyridine rings is 1. The number of alkyl carbamates (subject to hydrolysis) is 1. The SMILES string of the molecule is CC(OS(=O)(=O)C(F)(F)F)C(F)Oc1cccc2cc(-c3nc4cc5c(nc4n3C)CCN(C[C@@H](CF)NC(=O)OC(C)(C)C)C5=O)n(CC3CC3)c12. The summed E-state index contributed by atoms with van der Waals surface area (Å²) in [5.41, 5.74) is -3.83. The van der Waals surface area contributed by atoms with Gasteiger partial charge in [-0.05, 0) is 64.7 Å². The van der Waals surface area contributed by atoms with Gasteiger partial charge in [-0.15, -0.1) is 0 Å². The van der Waals surface area contributed by atoms with Crippen molar-refractivity contribution in [3.63, 3.8) is 0 Å². The highest BCUT2D eigenvalue weighted by Gasteiger charge is 2.49. The van der Waals surface area contributed by atoms with Crippen LogP contribution in [0.5, 0.6) is 5.75 Å². The Bertz CT molecular complexity index is 2160. The topological polar surface area (TPSA) is 147 Å². The Hall–Kier alpha value is -4.52. The number of fused-ring (bicyclic) bond motifs is 3. The van der Waals surface area contributed by atoms with E-state index in [9.17, 15) is 35.6 Å². The van der Waals surface area contributed by atoms with Crippen molar-refractivity contribution in [1.82, 2.24) is 29.3 Å². The number of imidazole rings is 1. The Morgan fingerprint density at radius 1 is 1.13 bits per heavy atom. The van der Waals surface area contributed by atoms with Gasteiger partial charge in [-0.3, -0.25) is 8.98 Å². The number of benzene rings is 1. The number of ether oxygens (including phenoxy) is 2. The molecule has 288 valence electrons. The van der Waals surface area contributed by atoms with Gasteiger partial charge in [-0.2, -0.15) is 26.0 Å². The number of amides is 2. The number of nitrogens with one attached hydrogen (secondary N) is 1. The fraction of sp³-hybridized carbons (Fsp3) is 0.529. The first-order valence-corrected chi connectivity index (χ1v) is 18.3. The van der Waals surface area contributed by atoms with Crippen molar-refractivity contribution < 1.29 is 53.6 Å². The molecule has 6 rings (SSSR count). The van der Waals surface area contributed by atoms with E-state index in [4.69, 9.17) is 19.4 Å². The zero-order chi connectivity index (χ0) is 38.6. The van der Waals surface area contributed by atoms with E-state index in [0.29, 0.717) is 52.2 Å². The lowest BCUT2D eigenvalue weighted by Gasteiger charge is -2.31. The number of aromatic nitrogens is 4. The molecule has 53 heavy (non-hydrogen) atoms. The molecular formula is C34H39F5N6O7S. The summed E-state index contributed by atoms with van der Waals surface area (Å²) in [6, 6.07) is 7.15. The minimum absolute atomic E-state index is 0.0486. The highest BCUT2D eigenvalue weighted by Crippen LogP contribution is 2.40. The molecule has 13 nitrogen and oxygen atoms in total. The number of carbonyl (C=O) groups excluding carboxylic acids is 2. The number of hydrogen-bond donors (Lipinski definition) is 1. The van der Waals surface area contributed by atoms with Gasteiger partial charge in [0.05, 0.1) is 28.5 Å². The zero-order valence-electron chi connectivity index (χ0n) is 29.5. The molecule has 1 aliphatic carbocycles. The Kier molecular flexibility index (Phi) is 10.1. The maximum Gasteiger partial charge on any atom is 0.523 e. The summed E-state index contributed by atoms with van der Waals surface area (Å²) in [7, 11) is -4.32. The predicted molar refractivity (Wildman–Crippen MR) is 182 cm³/mol. The second-order valence-electron chi connectivity index (χ2n) is 14.3. The molecule has 19 heteroatoms. The Balaban J connectivity index is 1.30. The smallest absolute Gasteiger partial charge is 0.455 e. The van der Waals surface area contributed by atoms with Gasteiger partial charge in [-0.1, -0.05) is 12.1 Å². The van der Waals surface area contributed by atoms with Crippen LogP contribution >= 0.6 is 0 Å². The van der Waals surface area contributed by atoms with Crippen molar-refractivity contribution in [3.05, 3.63) is 41.6 Å². The van der Waals surface area contributed by atoms with Gasteiger partial charge >= 0.3 is 21.7 Å². The van der Waals surface area contributed by atoms with Crippen LogP contribution in [0.15, 0.2) is 30.3 Å². The number of aryl methyl sites for hydroxylation is 1. The maximum atomic E-state index is 15.2. The van der Waals surface area contributed by atoms with Crippen LogP contribution in [0.4, 0.5) is 26.7 Å². The molecule has 2 aliphatic rings. The lowest BCUT2D eigenvalue weighted by Crippen LogP contribution is -2.50. The Morgan fingerprint density at radius 2 is 1.85 bits per heavy atom. The van der Waals surface area contributed by atoms with Crippen molar-refractivity contribution in [1.29, 1.82) is 0 Å². The van der Waals surface area contributed by atoms with E-state index in [0.717, 1.165) is 19.8 Å². The molecule has 1 saturated carbocycles. The largest absolute Gasteiger partial charge is 0.523 e. The second-order valence-corrected chi connectivity index (χ2v) is 15.8. The number of nitrogens with zero attached hydrogens (tertiary/aromatic N) is 5. The van der Waals surface area contributed by atoms with Crippen molar-refractivity contribution in [3.8, 4) is 17.3 Å². The first kappa shape index (κ1) is 38.2. The van der Waals surface area contributed by atoms with E-state index in [1.807, 2.05) is 4.57 Å². The van der Waals surface area contributed by atoms with Gasteiger partial charge in [0, 0.05) is 38.5 Å². The molecule has 2 amide bonds. The standard InChI is InChI=1S/C34H39F5N6O7S/c1-18(52-53(48,49)34(37,38)39)28(36)50-26-8-6-7-20-13-25(45(27(20)26)16-19-9-10-19)30-42-24-14-22-23(41-29(24)43(30)5)11-12-44(31(22)46)17-21(15-35)40-32(47)51-33(2,3)4/h6-8,13-14,18-19,21,28H,9-12,15-17H2,1-5H3,(H,40,47)/t18?,21-,28?/m1/s1. The fourth-order valence-corrected chi connectivity index (χ4v) is 6.74. The van der Waals surface area contributed by atoms with Crippen LogP contribution in [0.3, 0.4) is 0 Å². The van der Waals surface area contributed by atoms with Gasteiger partial charge < -0.3 is 28.8 Å². The minimum atomic E-state index is -6.07. The first-order chi connectivity index (χ1) is 24.8. The number of alkyl halides is 5. The van der Waals surface area contributed by atoms with E-state index in [2.05, 4.69) is 9.50 Å². The lowest BCUT2D eigenvalue weighted by molar-refractivity contribution is -0.0712. The molecule has 0 spiro atoms. The second kappa shape index (κ2) is 14.0. The van der Waals surface area contributed by atoms with Crippen LogP contribution in [0.2, 0.25) is 0 Å². The first-order valence-electron chi connectivity index (χ1n) is 16.9. The number of hydrogen-bond acceptors (Lipinski definition) is 9. The van der Waals surface area contributed by atoms with Gasteiger partial charge in [0.15, 0.2) is 11.5 Å². The highest BCUT2D eigenvalue weighted by atomic mass is 32.2. The van der Waals surface area contributed by atoms with E-state index in [1.165, 1.54) is 11.0 Å². The van der Waals surface area contributed by atoms with Gasteiger partial charge in [-0.25, -0.2) is 19.2 Å². The van der Waals surface area contributed by atoms with E-state index < -0.39 is 58.4 Å². The molecule has 1 aromatic carbocycles. The monoisotopic (exact) mass is 770 g/mol. The number of para-hydroxylation sites is 1. The summed E-state index contributed by atoms with van der Waals surface area (Å²) in [4.78, 5) is 36.9. The minimum Gasteiger partial charge on any atom is -0.455 e. The quantitative estimate of drug-likeness (QED) is 0.107.